The fourth-order valence-electron chi connectivity index (χ4n) is 0.845. The highest BCUT2D eigenvalue weighted by atomic mass is 16.4. The van der Waals surface area contributed by atoms with Gasteiger partial charge in [0, 0.05) is 12.3 Å². The van der Waals surface area contributed by atoms with E-state index in [0.29, 0.717) is 11.8 Å². The first-order chi connectivity index (χ1) is 5.42. The lowest BCUT2D eigenvalue weighted by atomic mass is 9.90. The highest BCUT2D eigenvalue weighted by molar-refractivity contribution is 5.86. The first-order valence-corrected chi connectivity index (χ1v) is 4.13. The van der Waals surface area contributed by atoms with Crippen LogP contribution in [0.5, 0.6) is 0 Å². The van der Waals surface area contributed by atoms with Gasteiger partial charge in [-0.2, -0.15) is 0 Å². The molecule has 0 aromatic carbocycles. The molecule has 0 saturated carbocycles. The van der Waals surface area contributed by atoms with Gasteiger partial charge < -0.3 is 5.11 Å². The van der Waals surface area contributed by atoms with Gasteiger partial charge in [-0.05, 0) is 18.3 Å². The lowest BCUT2D eigenvalue weighted by Gasteiger charge is -2.16. The number of hydrogen-bond donors (Lipinski definition) is 1. The molecule has 0 aromatic heterocycles. The van der Waals surface area contributed by atoms with Gasteiger partial charge in [0.05, 0.1) is 0 Å². The monoisotopic (exact) mass is 168 g/mol. The van der Waals surface area contributed by atoms with Gasteiger partial charge in [-0.3, -0.25) is 0 Å². The van der Waals surface area contributed by atoms with Crippen molar-refractivity contribution in [1.29, 1.82) is 0 Å². The number of hydrogen-bond acceptors (Lipinski definition) is 1. The summed E-state index contributed by atoms with van der Waals surface area (Å²) < 4.78 is 0. The van der Waals surface area contributed by atoms with Gasteiger partial charge in [-0.1, -0.05) is 26.7 Å². The molecule has 1 N–H and O–H groups in total. The lowest BCUT2D eigenvalue weighted by Crippen LogP contribution is -2.03. The largest absolute Gasteiger partial charge is 0.472 e. The molecule has 0 fully saturated rings. The van der Waals surface area contributed by atoms with Gasteiger partial charge in [0.25, 0.3) is 0 Å². The summed E-state index contributed by atoms with van der Waals surface area (Å²) >= 11 is 0. The van der Waals surface area contributed by atoms with Crippen LogP contribution >= 0.6 is 0 Å². The molecule has 0 rings (SSSR count). The third kappa shape index (κ3) is 9.03. The molecule has 12 heavy (non-hydrogen) atoms. The summed E-state index contributed by atoms with van der Waals surface area (Å²) in [6.45, 7) is 6.49. The smallest absolute Gasteiger partial charge is 0.381 e. The summed E-state index contributed by atoms with van der Waals surface area (Å²) in [5, 5.41) is 8.20. The highest BCUT2D eigenvalue weighted by Gasteiger charge is 2.07. The summed E-state index contributed by atoms with van der Waals surface area (Å²) in [6.07, 6.45) is 2.74. The number of rotatable bonds is 2. The molecule has 2 heteroatoms. The van der Waals surface area contributed by atoms with E-state index < -0.39 is 5.97 Å². The van der Waals surface area contributed by atoms with Crippen LogP contribution in [-0.2, 0) is 4.79 Å². The number of unbranched alkanes of at least 4 members (excludes halogenated alkanes) is 1. The van der Waals surface area contributed by atoms with Crippen LogP contribution in [0.1, 0.15) is 40.0 Å². The molecule has 68 valence electrons. The molecular weight excluding hydrogens is 152 g/mol. The summed E-state index contributed by atoms with van der Waals surface area (Å²) in [5.41, 5.74) is 0.324. The minimum Gasteiger partial charge on any atom is -0.472 e. The fraction of sp³-hybridized carbons (Fsp3) is 0.700. The summed E-state index contributed by atoms with van der Waals surface area (Å²) in [6, 6.07) is 0. The standard InChI is InChI=1S/C10H16O2/c1-10(2,3)8-6-4-5-7-9(11)12/h4,6,8H2,1-3H3,(H,11,12). The van der Waals surface area contributed by atoms with Gasteiger partial charge in [-0.15, -0.1) is 0 Å². The van der Waals surface area contributed by atoms with E-state index in [4.69, 9.17) is 5.11 Å². The van der Waals surface area contributed by atoms with E-state index in [0.717, 1.165) is 12.8 Å². The molecule has 2 nitrogen and oxygen atoms in total. The molecule has 0 aliphatic carbocycles. The van der Waals surface area contributed by atoms with Crippen molar-refractivity contribution in [2.24, 2.45) is 5.41 Å². The number of carbonyl (C=O) groups is 1. The Hall–Kier alpha value is -0.970. The van der Waals surface area contributed by atoms with E-state index in [2.05, 4.69) is 32.6 Å². The third-order valence-electron chi connectivity index (χ3n) is 1.42. The van der Waals surface area contributed by atoms with Crippen molar-refractivity contribution in [1.82, 2.24) is 0 Å². The average Bonchev–Trinajstić information content (AvgIpc) is 1.83. The summed E-state index contributed by atoms with van der Waals surface area (Å²) in [4.78, 5) is 9.99. The second kappa shape index (κ2) is 4.82. The molecule has 0 saturated heterocycles. The van der Waals surface area contributed by atoms with E-state index in [9.17, 15) is 4.79 Å². The molecule has 0 unspecified atom stereocenters. The number of carboxylic acid groups (broad SMARTS) is 1. The Balaban J connectivity index is 3.48. The van der Waals surface area contributed by atoms with Gasteiger partial charge in [0.15, 0.2) is 0 Å². The topological polar surface area (TPSA) is 37.3 Å². The van der Waals surface area contributed by atoms with Gasteiger partial charge >= 0.3 is 5.97 Å². The van der Waals surface area contributed by atoms with Crippen molar-refractivity contribution in [2.45, 2.75) is 40.0 Å². The van der Waals surface area contributed by atoms with Crippen LogP contribution in [0.25, 0.3) is 0 Å². The van der Waals surface area contributed by atoms with Crippen molar-refractivity contribution >= 4 is 5.97 Å². The second-order valence-electron chi connectivity index (χ2n) is 4.02. The Bertz CT molecular complexity index is 200. The second-order valence-corrected chi connectivity index (χ2v) is 4.02. The van der Waals surface area contributed by atoms with Crippen LogP contribution in [0.4, 0.5) is 0 Å². The van der Waals surface area contributed by atoms with E-state index >= 15 is 0 Å². The zero-order valence-electron chi connectivity index (χ0n) is 7.98. The van der Waals surface area contributed by atoms with Crippen molar-refractivity contribution in [3.05, 3.63) is 0 Å². The minimum absolute atomic E-state index is 0.324. The SMILES string of the molecule is CC(C)(C)CCCC#CC(=O)O. The van der Waals surface area contributed by atoms with Gasteiger partial charge in [0.2, 0.25) is 0 Å². The summed E-state index contributed by atoms with van der Waals surface area (Å²) in [7, 11) is 0. The van der Waals surface area contributed by atoms with Gasteiger partial charge in [0.1, 0.15) is 0 Å². The van der Waals surface area contributed by atoms with Crippen molar-refractivity contribution < 1.29 is 9.90 Å². The van der Waals surface area contributed by atoms with Crippen LogP contribution in [0.3, 0.4) is 0 Å². The van der Waals surface area contributed by atoms with E-state index in [-0.39, 0.29) is 0 Å². The fourth-order valence-corrected chi connectivity index (χ4v) is 0.845. The Morgan fingerprint density at radius 2 is 2.00 bits per heavy atom. The van der Waals surface area contributed by atoms with Crippen LogP contribution in [0.2, 0.25) is 0 Å². The Labute approximate surface area is 74.0 Å². The predicted molar refractivity (Wildman–Crippen MR) is 48.7 cm³/mol. The van der Waals surface area contributed by atoms with Gasteiger partial charge in [-0.25, -0.2) is 4.79 Å². The molecule has 0 spiro atoms. The van der Waals surface area contributed by atoms with Crippen molar-refractivity contribution in [3.63, 3.8) is 0 Å². The summed E-state index contributed by atoms with van der Waals surface area (Å²) in [5.74, 6) is 3.67. The quantitative estimate of drug-likeness (QED) is 0.507. The minimum atomic E-state index is -1.04. The molecule has 0 aliphatic rings. The van der Waals surface area contributed by atoms with Crippen LogP contribution in [0, 0.1) is 17.3 Å². The maximum Gasteiger partial charge on any atom is 0.381 e. The van der Waals surface area contributed by atoms with Crippen molar-refractivity contribution in [3.8, 4) is 11.8 Å². The zero-order valence-corrected chi connectivity index (χ0v) is 7.98. The predicted octanol–water partition coefficient (Wildman–Crippen LogP) is 2.29. The molecule has 0 amide bonds. The zero-order chi connectivity index (χ0) is 9.61. The maximum atomic E-state index is 9.99. The molecule has 0 atom stereocenters. The molecular formula is C10H16O2. The molecule has 0 heterocycles. The molecule has 0 aromatic rings. The molecule has 0 aliphatic heterocycles. The van der Waals surface area contributed by atoms with E-state index in [1.807, 2.05) is 0 Å². The first kappa shape index (κ1) is 11.0. The van der Waals surface area contributed by atoms with Crippen LogP contribution in [0.15, 0.2) is 0 Å². The third-order valence-corrected chi connectivity index (χ3v) is 1.42. The lowest BCUT2D eigenvalue weighted by molar-refractivity contribution is -0.130. The Kier molecular flexibility index (Phi) is 4.43. The maximum absolute atomic E-state index is 9.99. The van der Waals surface area contributed by atoms with Crippen molar-refractivity contribution in [2.75, 3.05) is 0 Å². The Morgan fingerprint density at radius 1 is 1.42 bits per heavy atom. The Morgan fingerprint density at radius 3 is 2.42 bits per heavy atom. The number of carboxylic acids is 1. The number of aliphatic carboxylic acids is 1. The first-order valence-electron chi connectivity index (χ1n) is 4.13. The average molecular weight is 168 g/mol. The molecule has 0 bridgehead atoms. The van der Waals surface area contributed by atoms with Crippen LogP contribution < -0.4 is 0 Å². The van der Waals surface area contributed by atoms with Crippen LogP contribution in [-0.4, -0.2) is 11.1 Å². The highest BCUT2D eigenvalue weighted by Crippen LogP contribution is 2.20. The molecule has 0 radical (unpaired) electrons. The van der Waals surface area contributed by atoms with E-state index in [1.54, 1.807) is 0 Å². The van der Waals surface area contributed by atoms with E-state index in [1.165, 1.54) is 0 Å². The normalized spacial score (nSPS) is 10.2.